The van der Waals surface area contributed by atoms with Crippen LogP contribution in [0.1, 0.15) is 12.5 Å². The van der Waals surface area contributed by atoms with Gasteiger partial charge in [-0.05, 0) is 6.92 Å². The van der Waals surface area contributed by atoms with Crippen molar-refractivity contribution in [2.24, 2.45) is 10.7 Å². The van der Waals surface area contributed by atoms with E-state index in [2.05, 4.69) is 9.73 Å². The van der Waals surface area contributed by atoms with E-state index in [1.807, 2.05) is 0 Å². The van der Waals surface area contributed by atoms with Gasteiger partial charge in [0.05, 0.1) is 11.0 Å². The molecule has 0 unspecified atom stereocenters. The summed E-state index contributed by atoms with van der Waals surface area (Å²) in [5, 5.41) is 10.7. The van der Waals surface area contributed by atoms with E-state index < -0.39 is 51.9 Å². The van der Waals surface area contributed by atoms with Crippen molar-refractivity contribution in [1.82, 2.24) is 0 Å². The minimum Gasteiger partial charge on any atom is -0.459 e. The summed E-state index contributed by atoms with van der Waals surface area (Å²) < 4.78 is 59.7. The number of amidine groups is 1. The topological polar surface area (TPSA) is 90.8 Å². The van der Waals surface area contributed by atoms with Crippen LogP contribution < -0.4 is 5.73 Å². The Balaban J connectivity index is 2.74. The number of nitrogens with zero attached hydrogens (tertiary/aromatic N) is 2. The standard InChI is InChI=1S/C11H9F4N3O3/c1-10(11(14,15)4-21-9(16)17-10)6-2-5(18(19)20)3-7(12)8(6)13/h2-3H,4H2,1H3,(H2,16,17)/t10-/m1/s1. The summed E-state index contributed by atoms with van der Waals surface area (Å²) in [5.41, 5.74) is 0.739. The van der Waals surface area contributed by atoms with Crippen LogP contribution in [0, 0.1) is 21.7 Å². The van der Waals surface area contributed by atoms with Crippen LogP contribution in [0.5, 0.6) is 0 Å². The minimum atomic E-state index is -3.74. The molecule has 114 valence electrons. The van der Waals surface area contributed by atoms with Gasteiger partial charge in [0.1, 0.15) is 0 Å². The first-order chi connectivity index (χ1) is 9.58. The molecule has 0 amide bonds. The normalized spacial score (nSPS) is 24.1. The lowest BCUT2D eigenvalue weighted by atomic mass is 9.85. The Hall–Kier alpha value is -2.39. The number of nitrogens with two attached hydrogens (primary N) is 1. The average molecular weight is 307 g/mol. The van der Waals surface area contributed by atoms with Crippen LogP contribution in [0.3, 0.4) is 0 Å². The summed E-state index contributed by atoms with van der Waals surface area (Å²) in [6, 6.07) is 0.163. The van der Waals surface area contributed by atoms with Crippen LogP contribution in [-0.2, 0) is 10.3 Å². The zero-order chi connectivity index (χ0) is 16.0. The van der Waals surface area contributed by atoms with E-state index in [-0.39, 0.29) is 0 Å². The number of nitro groups is 1. The molecule has 10 heteroatoms. The van der Waals surface area contributed by atoms with E-state index in [0.29, 0.717) is 12.1 Å². The Morgan fingerprint density at radius 1 is 1.43 bits per heavy atom. The minimum absolute atomic E-state index is 0.298. The number of rotatable bonds is 2. The van der Waals surface area contributed by atoms with Gasteiger partial charge in [-0.2, -0.15) is 8.78 Å². The predicted octanol–water partition coefficient (Wildman–Crippen LogP) is 2.07. The monoisotopic (exact) mass is 307 g/mol. The van der Waals surface area contributed by atoms with Gasteiger partial charge in [-0.3, -0.25) is 10.1 Å². The highest BCUT2D eigenvalue weighted by atomic mass is 19.3. The van der Waals surface area contributed by atoms with Gasteiger partial charge in [0.2, 0.25) is 0 Å². The Labute approximate surface area is 115 Å². The first-order valence-corrected chi connectivity index (χ1v) is 5.58. The van der Waals surface area contributed by atoms with Crippen molar-refractivity contribution < 1.29 is 27.2 Å². The van der Waals surface area contributed by atoms with Gasteiger partial charge in [-0.25, -0.2) is 13.8 Å². The van der Waals surface area contributed by atoms with Crippen molar-refractivity contribution in [2.45, 2.75) is 18.4 Å². The van der Waals surface area contributed by atoms with Crippen LogP contribution in [0.25, 0.3) is 0 Å². The van der Waals surface area contributed by atoms with Crippen molar-refractivity contribution in [2.75, 3.05) is 6.61 Å². The Bertz CT molecular complexity index is 650. The molecule has 1 aliphatic rings. The van der Waals surface area contributed by atoms with Crippen LogP contribution in [0.2, 0.25) is 0 Å². The summed E-state index contributed by atoms with van der Waals surface area (Å²) in [7, 11) is 0. The van der Waals surface area contributed by atoms with Crippen molar-refractivity contribution in [3.05, 3.63) is 39.4 Å². The SMILES string of the molecule is C[C@]1(c2cc([N+](=O)[O-])cc(F)c2F)N=C(N)OCC1(F)F. The van der Waals surface area contributed by atoms with E-state index in [9.17, 15) is 27.7 Å². The Morgan fingerprint density at radius 3 is 2.62 bits per heavy atom. The second kappa shape index (κ2) is 4.57. The summed E-state index contributed by atoms with van der Waals surface area (Å²) >= 11 is 0. The first-order valence-electron chi connectivity index (χ1n) is 5.58. The van der Waals surface area contributed by atoms with Gasteiger partial charge in [-0.15, -0.1) is 0 Å². The Kier molecular flexibility index (Phi) is 3.27. The predicted molar refractivity (Wildman–Crippen MR) is 62.9 cm³/mol. The number of hydrogen-bond donors (Lipinski definition) is 1. The van der Waals surface area contributed by atoms with Gasteiger partial charge >= 0.3 is 5.92 Å². The number of aliphatic imine (C=N–C) groups is 1. The molecule has 1 heterocycles. The van der Waals surface area contributed by atoms with Gasteiger partial charge in [0, 0.05) is 11.6 Å². The maximum atomic E-state index is 14.0. The van der Waals surface area contributed by atoms with Gasteiger partial charge < -0.3 is 10.5 Å². The molecule has 0 aliphatic carbocycles. The molecule has 2 N–H and O–H groups in total. The highest BCUT2D eigenvalue weighted by molar-refractivity contribution is 5.73. The fourth-order valence-corrected chi connectivity index (χ4v) is 1.93. The quantitative estimate of drug-likeness (QED) is 0.514. The molecule has 1 aromatic rings. The number of ether oxygens (including phenoxy) is 1. The third-order valence-electron chi connectivity index (χ3n) is 3.20. The number of hydrogen-bond acceptors (Lipinski definition) is 5. The number of nitro benzene ring substituents is 1. The van der Waals surface area contributed by atoms with E-state index in [1.165, 1.54) is 0 Å². The van der Waals surface area contributed by atoms with Crippen molar-refractivity contribution in [3.63, 3.8) is 0 Å². The van der Waals surface area contributed by atoms with E-state index in [4.69, 9.17) is 5.73 Å². The molecular formula is C11H9F4N3O3. The number of benzene rings is 1. The molecule has 0 bridgehead atoms. The highest BCUT2D eigenvalue weighted by Gasteiger charge is 2.57. The molecule has 1 aliphatic heterocycles. The molecule has 21 heavy (non-hydrogen) atoms. The molecule has 0 spiro atoms. The van der Waals surface area contributed by atoms with E-state index in [0.717, 1.165) is 6.92 Å². The molecule has 1 atom stereocenters. The molecule has 0 aromatic heterocycles. The number of non-ortho nitro benzene ring substituents is 1. The molecule has 0 saturated heterocycles. The largest absolute Gasteiger partial charge is 0.459 e. The third kappa shape index (κ3) is 2.26. The summed E-state index contributed by atoms with van der Waals surface area (Å²) in [6.45, 7) is -0.410. The second-order valence-corrected chi connectivity index (χ2v) is 4.56. The van der Waals surface area contributed by atoms with Gasteiger partial charge in [-0.1, -0.05) is 0 Å². The van der Waals surface area contributed by atoms with Crippen LogP contribution in [0.15, 0.2) is 17.1 Å². The molecule has 0 fully saturated rings. The fourth-order valence-electron chi connectivity index (χ4n) is 1.93. The molecule has 0 saturated carbocycles. The summed E-state index contributed by atoms with van der Waals surface area (Å²) in [4.78, 5) is 13.0. The summed E-state index contributed by atoms with van der Waals surface area (Å²) in [5.74, 6) is -7.02. The molecule has 6 nitrogen and oxygen atoms in total. The van der Waals surface area contributed by atoms with Crippen LogP contribution >= 0.6 is 0 Å². The maximum Gasteiger partial charge on any atom is 0.310 e. The molecule has 2 rings (SSSR count). The number of halogens is 4. The van der Waals surface area contributed by atoms with Crippen molar-refractivity contribution >= 4 is 11.7 Å². The fraction of sp³-hybridized carbons (Fsp3) is 0.364. The Morgan fingerprint density at radius 2 is 2.05 bits per heavy atom. The smallest absolute Gasteiger partial charge is 0.310 e. The third-order valence-corrected chi connectivity index (χ3v) is 3.20. The van der Waals surface area contributed by atoms with Crippen LogP contribution in [-0.4, -0.2) is 23.5 Å². The average Bonchev–Trinajstić information content (AvgIpc) is 2.37. The van der Waals surface area contributed by atoms with Gasteiger partial charge in [0.15, 0.2) is 23.8 Å². The van der Waals surface area contributed by atoms with Crippen molar-refractivity contribution in [3.8, 4) is 0 Å². The molecular weight excluding hydrogens is 298 g/mol. The first kappa shape index (κ1) is 15.0. The summed E-state index contributed by atoms with van der Waals surface area (Å²) in [6.07, 6.45) is 0. The zero-order valence-electron chi connectivity index (χ0n) is 10.6. The van der Waals surface area contributed by atoms with Gasteiger partial charge in [0.25, 0.3) is 11.7 Å². The van der Waals surface area contributed by atoms with Crippen LogP contribution in [0.4, 0.5) is 23.2 Å². The second-order valence-electron chi connectivity index (χ2n) is 4.56. The lowest BCUT2D eigenvalue weighted by Crippen LogP contribution is -2.51. The molecule has 0 radical (unpaired) electrons. The highest BCUT2D eigenvalue weighted by Crippen LogP contribution is 2.45. The lowest BCUT2D eigenvalue weighted by molar-refractivity contribution is -0.385. The zero-order valence-corrected chi connectivity index (χ0v) is 10.6. The van der Waals surface area contributed by atoms with E-state index >= 15 is 0 Å². The van der Waals surface area contributed by atoms with E-state index in [1.54, 1.807) is 0 Å². The molecule has 1 aromatic carbocycles. The number of alkyl halides is 2. The lowest BCUT2D eigenvalue weighted by Gasteiger charge is -2.37. The maximum absolute atomic E-state index is 14.0. The van der Waals surface area contributed by atoms with Crippen molar-refractivity contribution in [1.29, 1.82) is 0 Å².